The number of carbonyl (C=O) groups excluding carboxylic acids is 1. The average molecular weight is 255 g/mol. The highest BCUT2D eigenvalue weighted by Crippen LogP contribution is 2.19. The highest BCUT2D eigenvalue weighted by molar-refractivity contribution is 5.95. The maximum Gasteiger partial charge on any atom is 0.352 e. The Morgan fingerprint density at radius 1 is 1.17 bits per heavy atom. The predicted molar refractivity (Wildman–Crippen MR) is 59.8 cm³/mol. The Bertz CT molecular complexity index is 502. The van der Waals surface area contributed by atoms with Crippen molar-refractivity contribution in [3.63, 3.8) is 0 Å². The topological polar surface area (TPSA) is 117 Å². The van der Waals surface area contributed by atoms with Gasteiger partial charge in [-0.25, -0.2) is 9.59 Å². The number of ether oxygens (including phenoxy) is 1. The highest BCUT2D eigenvalue weighted by Gasteiger charge is 2.24. The first kappa shape index (κ1) is 13.8. The standard InChI is InChI=1S/C11H13NO6/c1-3-18-7(13)4-6-5(2)8(10(14)15)12-9(6)11(16)17/h12H,3-4H2,1-2H3,(H,14,15)(H,16,17). The maximum absolute atomic E-state index is 11.3. The summed E-state index contributed by atoms with van der Waals surface area (Å²) < 4.78 is 4.71. The van der Waals surface area contributed by atoms with Gasteiger partial charge in [-0.3, -0.25) is 4.79 Å². The van der Waals surface area contributed by atoms with Gasteiger partial charge in [0.05, 0.1) is 13.0 Å². The van der Waals surface area contributed by atoms with Crippen LogP contribution < -0.4 is 0 Å². The maximum atomic E-state index is 11.3. The van der Waals surface area contributed by atoms with Crippen LogP contribution in [0, 0.1) is 6.92 Å². The number of hydrogen-bond donors (Lipinski definition) is 3. The molecule has 0 aliphatic rings. The van der Waals surface area contributed by atoms with E-state index in [0.717, 1.165) is 0 Å². The zero-order chi connectivity index (χ0) is 13.9. The lowest BCUT2D eigenvalue weighted by atomic mass is 10.1. The Morgan fingerprint density at radius 3 is 2.17 bits per heavy atom. The predicted octanol–water partition coefficient (Wildman–Crippen LogP) is 0.825. The largest absolute Gasteiger partial charge is 0.477 e. The van der Waals surface area contributed by atoms with E-state index in [0.29, 0.717) is 0 Å². The quantitative estimate of drug-likeness (QED) is 0.671. The fraction of sp³-hybridized carbons (Fsp3) is 0.364. The van der Waals surface area contributed by atoms with E-state index in [2.05, 4.69) is 4.98 Å². The summed E-state index contributed by atoms with van der Waals surface area (Å²) >= 11 is 0. The second-order valence-corrected chi connectivity index (χ2v) is 3.57. The summed E-state index contributed by atoms with van der Waals surface area (Å²) in [5.41, 5.74) is -0.157. The molecule has 0 bridgehead atoms. The number of aromatic nitrogens is 1. The second kappa shape index (κ2) is 5.35. The van der Waals surface area contributed by atoms with Crippen molar-refractivity contribution in [2.24, 2.45) is 0 Å². The fourth-order valence-corrected chi connectivity index (χ4v) is 1.61. The van der Waals surface area contributed by atoms with E-state index in [1.165, 1.54) is 6.92 Å². The molecule has 98 valence electrons. The van der Waals surface area contributed by atoms with Crippen molar-refractivity contribution in [1.29, 1.82) is 0 Å². The van der Waals surface area contributed by atoms with E-state index in [-0.39, 0.29) is 35.5 Å². The Balaban J connectivity index is 3.19. The van der Waals surface area contributed by atoms with Crippen LogP contribution in [0.3, 0.4) is 0 Å². The van der Waals surface area contributed by atoms with E-state index >= 15 is 0 Å². The molecule has 0 radical (unpaired) electrons. The van der Waals surface area contributed by atoms with Crippen LogP contribution in [-0.2, 0) is 16.0 Å². The number of carboxylic acids is 2. The molecule has 18 heavy (non-hydrogen) atoms. The normalized spacial score (nSPS) is 10.1. The van der Waals surface area contributed by atoms with Gasteiger partial charge in [-0.15, -0.1) is 0 Å². The summed E-state index contributed by atoms with van der Waals surface area (Å²) in [5.74, 6) is -3.19. The third-order valence-electron chi connectivity index (χ3n) is 2.43. The summed E-state index contributed by atoms with van der Waals surface area (Å²) in [5, 5.41) is 17.8. The van der Waals surface area contributed by atoms with Crippen LogP contribution in [0.2, 0.25) is 0 Å². The van der Waals surface area contributed by atoms with E-state index in [1.54, 1.807) is 6.92 Å². The van der Waals surface area contributed by atoms with E-state index in [9.17, 15) is 14.4 Å². The van der Waals surface area contributed by atoms with Crippen molar-refractivity contribution < 1.29 is 29.3 Å². The lowest BCUT2D eigenvalue weighted by Crippen LogP contribution is -2.11. The highest BCUT2D eigenvalue weighted by atomic mass is 16.5. The third-order valence-corrected chi connectivity index (χ3v) is 2.43. The molecule has 0 atom stereocenters. The van der Waals surface area contributed by atoms with Gasteiger partial charge in [-0.05, 0) is 25.0 Å². The Morgan fingerprint density at radius 2 is 1.72 bits per heavy atom. The van der Waals surface area contributed by atoms with Gasteiger partial charge in [0.15, 0.2) is 0 Å². The molecule has 0 aromatic carbocycles. The molecule has 7 nitrogen and oxygen atoms in total. The van der Waals surface area contributed by atoms with Gasteiger partial charge >= 0.3 is 17.9 Å². The molecule has 0 amide bonds. The SMILES string of the molecule is CCOC(=O)Cc1c(C(=O)O)[nH]c(C(=O)O)c1C. The van der Waals surface area contributed by atoms with E-state index in [4.69, 9.17) is 14.9 Å². The van der Waals surface area contributed by atoms with Crippen molar-refractivity contribution in [2.75, 3.05) is 6.61 Å². The Kier molecular flexibility index (Phi) is 4.09. The molecule has 1 aromatic rings. The van der Waals surface area contributed by atoms with Gasteiger partial charge in [0, 0.05) is 0 Å². The van der Waals surface area contributed by atoms with Crippen molar-refractivity contribution in [1.82, 2.24) is 4.98 Å². The number of rotatable bonds is 5. The molecule has 0 saturated carbocycles. The molecule has 0 unspecified atom stereocenters. The van der Waals surface area contributed by atoms with Crippen molar-refractivity contribution in [3.05, 3.63) is 22.5 Å². The van der Waals surface area contributed by atoms with Gasteiger partial charge in [-0.2, -0.15) is 0 Å². The number of aromatic amines is 1. The summed E-state index contributed by atoms with van der Waals surface area (Å²) in [6, 6.07) is 0. The summed E-state index contributed by atoms with van der Waals surface area (Å²) in [4.78, 5) is 35.5. The van der Waals surface area contributed by atoms with Crippen LogP contribution in [-0.4, -0.2) is 39.7 Å². The zero-order valence-corrected chi connectivity index (χ0v) is 9.94. The summed E-state index contributed by atoms with van der Waals surface area (Å²) in [6.45, 7) is 3.25. The first-order valence-corrected chi connectivity index (χ1v) is 5.22. The number of H-pyrrole nitrogens is 1. The molecular formula is C11H13NO6. The van der Waals surface area contributed by atoms with E-state index in [1.807, 2.05) is 0 Å². The summed E-state index contributed by atoms with van der Waals surface area (Å²) in [6.07, 6.45) is -0.273. The first-order valence-electron chi connectivity index (χ1n) is 5.22. The molecule has 0 aliphatic heterocycles. The lowest BCUT2D eigenvalue weighted by Gasteiger charge is -2.02. The molecule has 0 spiro atoms. The van der Waals surface area contributed by atoms with Gasteiger partial charge in [0.2, 0.25) is 0 Å². The number of esters is 1. The van der Waals surface area contributed by atoms with Gasteiger partial charge < -0.3 is 19.9 Å². The molecule has 7 heteroatoms. The number of carbonyl (C=O) groups is 3. The molecule has 1 aromatic heterocycles. The van der Waals surface area contributed by atoms with Crippen LogP contribution in [0.15, 0.2) is 0 Å². The molecule has 0 aliphatic carbocycles. The van der Waals surface area contributed by atoms with Crippen molar-refractivity contribution in [3.8, 4) is 0 Å². The molecular weight excluding hydrogens is 242 g/mol. The number of aromatic carboxylic acids is 2. The first-order chi connectivity index (χ1) is 8.38. The minimum absolute atomic E-state index is 0.137. The molecule has 3 N–H and O–H groups in total. The third kappa shape index (κ3) is 2.68. The molecule has 0 saturated heterocycles. The van der Waals surface area contributed by atoms with Crippen LogP contribution in [0.4, 0.5) is 0 Å². The monoisotopic (exact) mass is 255 g/mol. The number of hydrogen-bond acceptors (Lipinski definition) is 4. The molecule has 1 heterocycles. The molecule has 0 fully saturated rings. The molecule has 1 rings (SSSR count). The Hall–Kier alpha value is -2.31. The second-order valence-electron chi connectivity index (χ2n) is 3.57. The number of carboxylic acid groups (broad SMARTS) is 2. The lowest BCUT2D eigenvalue weighted by molar-refractivity contribution is -0.142. The van der Waals surface area contributed by atoms with Crippen molar-refractivity contribution >= 4 is 17.9 Å². The van der Waals surface area contributed by atoms with E-state index < -0.39 is 17.9 Å². The van der Waals surface area contributed by atoms with Gasteiger partial charge in [0.1, 0.15) is 11.4 Å². The fourth-order valence-electron chi connectivity index (χ4n) is 1.61. The minimum Gasteiger partial charge on any atom is -0.477 e. The minimum atomic E-state index is -1.31. The smallest absolute Gasteiger partial charge is 0.352 e. The Labute approximate surface area is 102 Å². The van der Waals surface area contributed by atoms with Crippen LogP contribution in [0.5, 0.6) is 0 Å². The number of nitrogens with one attached hydrogen (secondary N) is 1. The zero-order valence-electron chi connectivity index (χ0n) is 9.94. The van der Waals surface area contributed by atoms with Gasteiger partial charge in [0.25, 0.3) is 0 Å². The van der Waals surface area contributed by atoms with Crippen LogP contribution in [0.25, 0.3) is 0 Å². The van der Waals surface area contributed by atoms with Gasteiger partial charge in [-0.1, -0.05) is 0 Å². The summed E-state index contributed by atoms with van der Waals surface area (Å²) in [7, 11) is 0. The average Bonchev–Trinajstić information content (AvgIpc) is 2.57. The van der Waals surface area contributed by atoms with Crippen molar-refractivity contribution in [2.45, 2.75) is 20.3 Å². The van der Waals surface area contributed by atoms with Crippen LogP contribution >= 0.6 is 0 Å². The van der Waals surface area contributed by atoms with Crippen LogP contribution in [0.1, 0.15) is 39.0 Å².